The zero-order chi connectivity index (χ0) is 29.7. The Balaban J connectivity index is 1.39. The number of rotatable bonds is 8. The number of benzene rings is 1. The molecule has 5 unspecified atom stereocenters. The molecule has 3 saturated carbocycles. The summed E-state index contributed by atoms with van der Waals surface area (Å²) in [4.78, 5) is 28.5. The van der Waals surface area contributed by atoms with Gasteiger partial charge in [0.25, 0.3) is 0 Å². The van der Waals surface area contributed by atoms with E-state index in [1.54, 1.807) is 13.2 Å². The van der Waals surface area contributed by atoms with Gasteiger partial charge in [-0.05, 0) is 88.7 Å². The van der Waals surface area contributed by atoms with E-state index in [1.165, 1.54) is 0 Å². The van der Waals surface area contributed by atoms with Crippen molar-refractivity contribution in [2.45, 2.75) is 103 Å². The number of carbonyl (C=O) groups is 2. The normalized spacial score (nSPS) is 30.2. The lowest BCUT2D eigenvalue weighted by molar-refractivity contribution is -0.199. The molecule has 1 aromatic carbocycles. The predicted molar refractivity (Wildman–Crippen MR) is 156 cm³/mol. The molecule has 2 N–H and O–H groups in total. The number of nitrogens with one attached hydrogen (secondary N) is 1. The number of methoxy groups -OCH3 is 1. The van der Waals surface area contributed by atoms with Crippen LogP contribution < -0.4 is 10.1 Å². The number of piperidine rings is 1. The average molecular weight is 571 g/mol. The molecule has 5 atom stereocenters. The summed E-state index contributed by atoms with van der Waals surface area (Å²) in [6.07, 6.45) is 3.45. The molecule has 0 radical (unpaired) electrons. The third kappa shape index (κ3) is 6.03. The van der Waals surface area contributed by atoms with E-state index < -0.39 is 30.2 Å². The second-order valence-electron chi connectivity index (χ2n) is 14.2. The molecular formula is C31H47BN2O7. The van der Waals surface area contributed by atoms with Crippen molar-refractivity contribution in [3.63, 3.8) is 0 Å². The average Bonchev–Trinajstić information content (AvgIpc) is 3.25. The summed E-state index contributed by atoms with van der Waals surface area (Å²) in [5.74, 6) is 0.355. The van der Waals surface area contributed by atoms with Crippen LogP contribution in [0.2, 0.25) is 0 Å². The fraction of sp³-hybridized carbons (Fsp3) is 0.742. The number of para-hydroxylation sites is 1. The molecule has 10 heteroatoms. The molecule has 226 valence electrons. The minimum atomic E-state index is -0.648. The number of nitrogens with zero attached hydrogens (tertiary/aromatic N) is 1. The minimum absolute atomic E-state index is 0.0257. The molecule has 2 saturated heterocycles. The molecule has 1 amide bonds. The number of ether oxygens (including phenoxy) is 2. The van der Waals surface area contributed by atoms with Crippen LogP contribution in [-0.4, -0.2) is 85.1 Å². The van der Waals surface area contributed by atoms with Gasteiger partial charge >= 0.3 is 13.1 Å². The van der Waals surface area contributed by atoms with Gasteiger partial charge in [0.2, 0.25) is 5.91 Å². The van der Waals surface area contributed by atoms with Crippen molar-refractivity contribution in [3.8, 4) is 5.75 Å². The maximum absolute atomic E-state index is 13.4. The van der Waals surface area contributed by atoms with Gasteiger partial charge in [-0.2, -0.15) is 0 Å². The van der Waals surface area contributed by atoms with Crippen LogP contribution in [0.15, 0.2) is 18.2 Å². The van der Waals surface area contributed by atoms with Gasteiger partial charge in [0.05, 0.1) is 37.4 Å². The molecule has 5 fully saturated rings. The first kappa shape index (κ1) is 30.3. The highest BCUT2D eigenvalue weighted by molar-refractivity contribution is 6.48. The molecule has 1 aromatic rings. The first-order chi connectivity index (χ1) is 19.2. The molecule has 5 aliphatic rings. The Hall–Kier alpha value is -2.14. The van der Waals surface area contributed by atoms with E-state index in [4.69, 9.17) is 18.8 Å². The Morgan fingerprint density at radius 2 is 1.90 bits per heavy atom. The minimum Gasteiger partial charge on any atom is -0.496 e. The summed E-state index contributed by atoms with van der Waals surface area (Å²) in [5.41, 5.74) is 0.237. The second-order valence-corrected chi connectivity index (χ2v) is 14.2. The van der Waals surface area contributed by atoms with Crippen LogP contribution in [0.3, 0.4) is 0 Å². The van der Waals surface area contributed by atoms with Crippen LogP contribution in [0.1, 0.15) is 83.1 Å². The van der Waals surface area contributed by atoms with E-state index in [-0.39, 0.29) is 30.1 Å². The first-order valence-electron chi connectivity index (χ1n) is 15.1. The van der Waals surface area contributed by atoms with Crippen molar-refractivity contribution in [2.75, 3.05) is 26.7 Å². The number of carbonyl (C=O) groups excluding carboxylic acids is 2. The number of hydrogen-bond acceptors (Lipinski definition) is 8. The molecule has 2 aliphatic heterocycles. The van der Waals surface area contributed by atoms with Gasteiger partial charge in [-0.25, -0.2) is 4.79 Å². The Morgan fingerprint density at radius 1 is 1.20 bits per heavy atom. The summed E-state index contributed by atoms with van der Waals surface area (Å²) < 4.78 is 24.8. The zero-order valence-corrected chi connectivity index (χ0v) is 25.7. The number of hydrogen-bond donors (Lipinski definition) is 2. The van der Waals surface area contributed by atoms with E-state index in [9.17, 15) is 14.7 Å². The highest BCUT2D eigenvalue weighted by Gasteiger charge is 2.68. The van der Waals surface area contributed by atoms with E-state index >= 15 is 0 Å². The molecule has 3 aliphatic carbocycles. The van der Waals surface area contributed by atoms with Gasteiger partial charge < -0.3 is 29.2 Å². The lowest BCUT2D eigenvalue weighted by Crippen LogP contribution is -2.65. The van der Waals surface area contributed by atoms with Gasteiger partial charge in [-0.3, -0.25) is 9.69 Å². The monoisotopic (exact) mass is 570 g/mol. The van der Waals surface area contributed by atoms with Gasteiger partial charge in [0.15, 0.2) is 0 Å². The van der Waals surface area contributed by atoms with Crippen LogP contribution in [-0.2, 0) is 25.3 Å². The standard InChI is InChI=1S/C31H47BN2O7/c1-29(2,3)39-28(37)22-10-8-9-19(27(22)38-7)15-25(33-26(36)18-34-13-11-21(35)12-14-34)32-40-24-17-20-16-23(30(20,4)5)31(24,6)41-32/h8-10,20-21,23-25,35H,11-18H2,1-7H3,(H,33,36). The third-order valence-corrected chi connectivity index (χ3v) is 9.93. The lowest BCUT2D eigenvalue weighted by atomic mass is 9.43. The van der Waals surface area contributed by atoms with Crippen molar-refractivity contribution >= 4 is 19.0 Å². The number of likely N-dealkylation sites (tertiary alicyclic amines) is 1. The highest BCUT2D eigenvalue weighted by Crippen LogP contribution is 2.65. The van der Waals surface area contributed by atoms with Gasteiger partial charge in [-0.1, -0.05) is 26.0 Å². The Kier molecular flexibility index (Phi) is 8.26. The van der Waals surface area contributed by atoms with Gasteiger partial charge in [0.1, 0.15) is 16.9 Å². The maximum atomic E-state index is 13.4. The Labute approximate surface area is 244 Å². The zero-order valence-electron chi connectivity index (χ0n) is 25.7. The maximum Gasteiger partial charge on any atom is 0.482 e. The van der Waals surface area contributed by atoms with Crippen molar-refractivity contribution in [3.05, 3.63) is 29.3 Å². The molecule has 2 heterocycles. The summed E-state index contributed by atoms with van der Waals surface area (Å²) in [7, 11) is 0.903. The van der Waals surface area contributed by atoms with E-state index in [2.05, 4.69) is 31.0 Å². The lowest BCUT2D eigenvalue weighted by Gasteiger charge is -2.64. The van der Waals surface area contributed by atoms with Crippen molar-refractivity contribution < 1.29 is 33.5 Å². The second kappa shape index (κ2) is 11.2. The van der Waals surface area contributed by atoms with E-state index in [0.717, 1.165) is 18.4 Å². The summed E-state index contributed by atoms with van der Waals surface area (Å²) >= 11 is 0. The van der Waals surface area contributed by atoms with Crippen molar-refractivity contribution in [1.82, 2.24) is 10.2 Å². The molecule has 2 bridgehead atoms. The molecule has 6 rings (SSSR count). The number of amides is 1. The summed E-state index contributed by atoms with van der Waals surface area (Å²) in [6.45, 7) is 13.9. The highest BCUT2D eigenvalue weighted by atomic mass is 16.7. The Bertz CT molecular complexity index is 1150. The first-order valence-corrected chi connectivity index (χ1v) is 15.1. The summed E-state index contributed by atoms with van der Waals surface area (Å²) in [5, 5.41) is 13.1. The van der Waals surface area contributed by atoms with Crippen molar-refractivity contribution in [2.24, 2.45) is 17.3 Å². The van der Waals surface area contributed by atoms with E-state index in [1.807, 2.05) is 32.9 Å². The van der Waals surface area contributed by atoms with Crippen LogP contribution in [0.25, 0.3) is 0 Å². The number of aliphatic hydroxyl groups is 1. The van der Waals surface area contributed by atoms with Crippen molar-refractivity contribution in [1.29, 1.82) is 0 Å². The SMILES string of the molecule is COc1c(CC(NC(=O)CN2CCC(O)CC2)B2OC3CC4CC(C4(C)C)C3(C)O2)cccc1C(=O)OC(C)(C)C. The largest absolute Gasteiger partial charge is 0.496 e. The summed E-state index contributed by atoms with van der Waals surface area (Å²) in [6, 6.07) is 5.41. The van der Waals surface area contributed by atoms with Gasteiger partial charge in [-0.15, -0.1) is 0 Å². The fourth-order valence-electron chi connectivity index (χ4n) is 7.54. The van der Waals surface area contributed by atoms with Crippen LogP contribution in [0.4, 0.5) is 0 Å². The van der Waals surface area contributed by atoms with Crippen LogP contribution in [0, 0.1) is 17.3 Å². The quantitative estimate of drug-likeness (QED) is 0.362. The molecule has 0 spiro atoms. The number of aliphatic hydroxyl groups excluding tert-OH is 1. The topological polar surface area (TPSA) is 107 Å². The molecule has 41 heavy (non-hydrogen) atoms. The Morgan fingerprint density at radius 3 is 2.54 bits per heavy atom. The molecule has 9 nitrogen and oxygen atoms in total. The third-order valence-electron chi connectivity index (χ3n) is 9.93. The van der Waals surface area contributed by atoms with Crippen LogP contribution in [0.5, 0.6) is 5.75 Å². The molecular weight excluding hydrogens is 523 g/mol. The van der Waals surface area contributed by atoms with Gasteiger partial charge in [0, 0.05) is 13.1 Å². The fourth-order valence-corrected chi connectivity index (χ4v) is 7.54. The smallest absolute Gasteiger partial charge is 0.482 e. The van der Waals surface area contributed by atoms with Crippen LogP contribution >= 0.6 is 0 Å². The number of esters is 1. The predicted octanol–water partition coefficient (Wildman–Crippen LogP) is 3.40. The molecule has 0 aromatic heterocycles. The van der Waals surface area contributed by atoms with E-state index in [0.29, 0.717) is 55.5 Å².